The number of nitrogens with one attached hydrogen (secondary N) is 1. The van der Waals surface area contributed by atoms with E-state index >= 15 is 0 Å². The SMILES string of the molecule is CC1CNC(F)(F)C1. The molecule has 0 aromatic heterocycles. The lowest BCUT2D eigenvalue weighted by Gasteiger charge is -2.05. The molecule has 0 radical (unpaired) electrons. The summed E-state index contributed by atoms with van der Waals surface area (Å²) in [4.78, 5) is 0. The average Bonchev–Trinajstić information content (AvgIpc) is 1.82. The van der Waals surface area contributed by atoms with E-state index in [0.29, 0.717) is 6.54 Å². The van der Waals surface area contributed by atoms with Crippen molar-refractivity contribution in [1.82, 2.24) is 5.32 Å². The van der Waals surface area contributed by atoms with Crippen LogP contribution in [-0.4, -0.2) is 12.6 Å². The Morgan fingerprint density at radius 3 is 2.38 bits per heavy atom. The van der Waals surface area contributed by atoms with Crippen molar-refractivity contribution in [2.45, 2.75) is 19.4 Å². The Kier molecular flexibility index (Phi) is 1.23. The molecule has 1 N–H and O–H groups in total. The largest absolute Gasteiger partial charge is 0.302 e. The Labute approximate surface area is 47.1 Å². The van der Waals surface area contributed by atoms with Crippen LogP contribution in [0.2, 0.25) is 0 Å². The van der Waals surface area contributed by atoms with Crippen LogP contribution in [0, 0.1) is 5.92 Å². The third kappa shape index (κ3) is 1.15. The van der Waals surface area contributed by atoms with Gasteiger partial charge in [-0.05, 0) is 5.92 Å². The van der Waals surface area contributed by atoms with Crippen LogP contribution in [0.15, 0.2) is 0 Å². The van der Waals surface area contributed by atoms with Gasteiger partial charge in [-0.2, -0.15) is 8.78 Å². The van der Waals surface area contributed by atoms with Gasteiger partial charge < -0.3 is 0 Å². The summed E-state index contributed by atoms with van der Waals surface area (Å²) in [6, 6.07) is -2.58. The maximum absolute atomic E-state index is 12.1. The van der Waals surface area contributed by atoms with Gasteiger partial charge in [0.2, 0.25) is 0 Å². The molecule has 0 aromatic rings. The second kappa shape index (κ2) is 1.65. The van der Waals surface area contributed by atoms with Gasteiger partial charge >= 0.3 is 6.05 Å². The van der Waals surface area contributed by atoms with Crippen LogP contribution in [-0.2, 0) is 0 Å². The quantitative estimate of drug-likeness (QED) is 0.475. The predicted molar refractivity (Wildman–Crippen MR) is 26.7 cm³/mol. The van der Waals surface area contributed by atoms with Crippen LogP contribution in [0.1, 0.15) is 13.3 Å². The van der Waals surface area contributed by atoms with E-state index in [0.717, 1.165) is 0 Å². The van der Waals surface area contributed by atoms with Gasteiger partial charge in [-0.15, -0.1) is 0 Å². The minimum atomic E-state index is -2.58. The second-order valence-electron chi connectivity index (χ2n) is 2.39. The van der Waals surface area contributed by atoms with E-state index in [2.05, 4.69) is 5.32 Å². The highest BCUT2D eigenvalue weighted by molar-refractivity contribution is 4.76. The van der Waals surface area contributed by atoms with Crippen LogP contribution in [0.25, 0.3) is 0 Å². The van der Waals surface area contributed by atoms with Gasteiger partial charge in [-0.1, -0.05) is 6.92 Å². The topological polar surface area (TPSA) is 12.0 Å². The monoisotopic (exact) mass is 121 g/mol. The highest BCUT2D eigenvalue weighted by atomic mass is 19.3. The van der Waals surface area contributed by atoms with Gasteiger partial charge in [0.05, 0.1) is 0 Å². The van der Waals surface area contributed by atoms with E-state index in [1.807, 2.05) is 6.92 Å². The summed E-state index contributed by atoms with van der Waals surface area (Å²) in [6.45, 7) is 2.26. The van der Waals surface area contributed by atoms with E-state index in [1.54, 1.807) is 0 Å². The van der Waals surface area contributed by atoms with Crippen LogP contribution < -0.4 is 5.32 Å². The summed E-state index contributed by atoms with van der Waals surface area (Å²) < 4.78 is 24.2. The number of alkyl halides is 2. The fraction of sp³-hybridized carbons (Fsp3) is 1.00. The predicted octanol–water partition coefficient (Wildman–Crippen LogP) is 1.21. The molecule has 48 valence electrons. The lowest BCUT2D eigenvalue weighted by Crippen LogP contribution is -2.28. The van der Waals surface area contributed by atoms with E-state index in [-0.39, 0.29) is 12.3 Å². The van der Waals surface area contributed by atoms with Crippen molar-refractivity contribution in [3.8, 4) is 0 Å². The molecule has 1 rings (SSSR count). The van der Waals surface area contributed by atoms with Crippen LogP contribution >= 0.6 is 0 Å². The average molecular weight is 121 g/mol. The molecule has 1 fully saturated rings. The Bertz CT molecular complexity index is 92.4. The van der Waals surface area contributed by atoms with Crippen molar-refractivity contribution in [3.05, 3.63) is 0 Å². The molecule has 0 spiro atoms. The zero-order valence-electron chi connectivity index (χ0n) is 4.75. The summed E-state index contributed by atoms with van der Waals surface area (Å²) in [7, 11) is 0. The van der Waals surface area contributed by atoms with Crippen LogP contribution in [0.5, 0.6) is 0 Å². The molecule has 0 bridgehead atoms. The maximum atomic E-state index is 12.1. The number of rotatable bonds is 0. The van der Waals surface area contributed by atoms with E-state index in [4.69, 9.17) is 0 Å². The maximum Gasteiger partial charge on any atom is 0.302 e. The first-order chi connectivity index (χ1) is 3.60. The molecule has 8 heavy (non-hydrogen) atoms. The minimum absolute atomic E-state index is 0.00694. The van der Waals surface area contributed by atoms with Crippen molar-refractivity contribution in [3.63, 3.8) is 0 Å². The zero-order valence-corrected chi connectivity index (χ0v) is 4.75. The van der Waals surface area contributed by atoms with Gasteiger partial charge in [-0.3, -0.25) is 5.32 Å². The Balaban J connectivity index is 2.44. The van der Waals surface area contributed by atoms with Gasteiger partial charge in [0.15, 0.2) is 0 Å². The van der Waals surface area contributed by atoms with Gasteiger partial charge in [0, 0.05) is 13.0 Å². The lowest BCUT2D eigenvalue weighted by atomic mass is 10.1. The van der Waals surface area contributed by atoms with Crippen LogP contribution in [0.3, 0.4) is 0 Å². The molecule has 1 aliphatic heterocycles. The Morgan fingerprint density at radius 1 is 1.62 bits per heavy atom. The summed E-state index contributed by atoms with van der Waals surface area (Å²) in [5.41, 5.74) is 0. The highest BCUT2D eigenvalue weighted by Crippen LogP contribution is 2.25. The molecule has 1 nitrogen and oxygen atoms in total. The summed E-state index contributed by atoms with van der Waals surface area (Å²) in [5, 5.41) is 2.11. The van der Waals surface area contributed by atoms with E-state index < -0.39 is 6.05 Å². The molecule has 1 unspecified atom stereocenters. The van der Waals surface area contributed by atoms with Gasteiger partial charge in [0.1, 0.15) is 0 Å². The lowest BCUT2D eigenvalue weighted by molar-refractivity contribution is -0.0173. The Hall–Kier alpha value is -0.180. The Morgan fingerprint density at radius 2 is 2.25 bits per heavy atom. The molecule has 1 aliphatic rings. The van der Waals surface area contributed by atoms with Gasteiger partial charge in [0.25, 0.3) is 0 Å². The molecule has 1 heterocycles. The molecular formula is C5H9F2N. The molecule has 1 atom stereocenters. The van der Waals surface area contributed by atoms with E-state index in [1.165, 1.54) is 0 Å². The fourth-order valence-corrected chi connectivity index (χ4v) is 0.906. The van der Waals surface area contributed by atoms with Crippen molar-refractivity contribution in [1.29, 1.82) is 0 Å². The van der Waals surface area contributed by atoms with Crippen LogP contribution in [0.4, 0.5) is 8.78 Å². The summed E-state index contributed by atoms with van der Waals surface area (Å²) in [5.74, 6) is 0.130. The molecular weight excluding hydrogens is 112 g/mol. The summed E-state index contributed by atoms with van der Waals surface area (Å²) >= 11 is 0. The van der Waals surface area contributed by atoms with Gasteiger partial charge in [-0.25, -0.2) is 0 Å². The first-order valence-electron chi connectivity index (χ1n) is 2.73. The number of hydrogen-bond donors (Lipinski definition) is 1. The highest BCUT2D eigenvalue weighted by Gasteiger charge is 2.36. The standard InChI is InChI=1S/C5H9F2N/c1-4-2-5(6,7)8-3-4/h4,8H,2-3H2,1H3. The normalized spacial score (nSPS) is 35.6. The van der Waals surface area contributed by atoms with E-state index in [9.17, 15) is 8.78 Å². The third-order valence-electron chi connectivity index (χ3n) is 1.31. The molecule has 3 heteroatoms. The first kappa shape index (κ1) is 5.95. The fourth-order valence-electron chi connectivity index (χ4n) is 0.906. The first-order valence-corrected chi connectivity index (χ1v) is 2.73. The second-order valence-corrected chi connectivity index (χ2v) is 2.39. The minimum Gasteiger partial charge on any atom is -0.258 e. The third-order valence-corrected chi connectivity index (χ3v) is 1.31. The molecule has 0 saturated carbocycles. The van der Waals surface area contributed by atoms with Crippen molar-refractivity contribution in [2.24, 2.45) is 5.92 Å². The molecule has 0 amide bonds. The molecule has 0 aliphatic carbocycles. The number of hydrogen-bond acceptors (Lipinski definition) is 1. The smallest absolute Gasteiger partial charge is 0.258 e. The molecule has 0 aromatic carbocycles. The molecule has 1 saturated heterocycles. The van der Waals surface area contributed by atoms with Crippen molar-refractivity contribution < 1.29 is 8.78 Å². The zero-order chi connectivity index (χ0) is 6.20. The summed E-state index contributed by atoms with van der Waals surface area (Å²) in [6.07, 6.45) is -0.00694. The van der Waals surface area contributed by atoms with Crippen molar-refractivity contribution >= 4 is 0 Å². The number of halogens is 2. The van der Waals surface area contributed by atoms with Crippen molar-refractivity contribution in [2.75, 3.05) is 6.54 Å².